The number of hydrogen-bond donors (Lipinski definition) is 1. The van der Waals surface area contributed by atoms with Crippen LogP contribution in [-0.4, -0.2) is 37.1 Å². The molecule has 1 aromatic carbocycles. The minimum Gasteiger partial charge on any atom is -0.467 e. The molecule has 6 heteroatoms. The number of amides is 1. The Balaban J connectivity index is 2.77. The molecule has 0 bridgehead atoms. The Hall–Kier alpha value is -2.46. The molecule has 1 amide bonds. The molecule has 0 aliphatic carbocycles. The van der Waals surface area contributed by atoms with E-state index in [1.165, 1.54) is 20.1 Å². The number of rotatable bonds is 6. The largest absolute Gasteiger partial charge is 0.467 e. The summed E-state index contributed by atoms with van der Waals surface area (Å²) in [7, 11) is 1.25. The summed E-state index contributed by atoms with van der Waals surface area (Å²) >= 11 is 0. The molecule has 0 radical (unpaired) electrons. The number of aliphatic imine (C=N–C) groups is 1. The zero-order valence-corrected chi connectivity index (χ0v) is 11.3. The molecule has 0 saturated carbocycles. The molecule has 0 aliphatic heterocycles. The zero-order chi connectivity index (χ0) is 15.0. The first-order chi connectivity index (χ1) is 9.58. The minimum absolute atomic E-state index is 0.302. The van der Waals surface area contributed by atoms with Crippen LogP contribution in [0.5, 0.6) is 0 Å². The van der Waals surface area contributed by atoms with E-state index in [0.29, 0.717) is 6.42 Å². The van der Waals surface area contributed by atoms with E-state index in [9.17, 15) is 14.4 Å². The van der Waals surface area contributed by atoms with Crippen LogP contribution in [0.3, 0.4) is 0 Å². The number of carbonyl (C=O) groups excluding carboxylic acids is 3. The van der Waals surface area contributed by atoms with Crippen LogP contribution in [0.1, 0.15) is 12.5 Å². The molecule has 20 heavy (non-hydrogen) atoms. The predicted molar refractivity (Wildman–Crippen MR) is 71.7 cm³/mol. The number of isocyanates is 1. The fourth-order valence-electron chi connectivity index (χ4n) is 1.62. The summed E-state index contributed by atoms with van der Waals surface area (Å²) in [6.07, 6.45) is 1.61. The molecule has 2 atom stereocenters. The highest BCUT2D eigenvalue weighted by Gasteiger charge is 2.24. The van der Waals surface area contributed by atoms with E-state index >= 15 is 0 Å². The maximum Gasteiger partial charge on any atom is 0.328 e. The van der Waals surface area contributed by atoms with Crippen molar-refractivity contribution in [3.05, 3.63) is 35.9 Å². The molecule has 0 spiro atoms. The second-order valence-corrected chi connectivity index (χ2v) is 4.17. The average molecular weight is 276 g/mol. The van der Waals surface area contributed by atoms with Gasteiger partial charge in [0.2, 0.25) is 12.0 Å². The molecule has 1 N–H and O–H groups in total. The van der Waals surface area contributed by atoms with Crippen molar-refractivity contribution in [3.8, 4) is 0 Å². The molecule has 106 valence electrons. The molecule has 0 heterocycles. The molecular weight excluding hydrogens is 260 g/mol. The van der Waals surface area contributed by atoms with Gasteiger partial charge in [-0.05, 0) is 12.5 Å². The molecule has 1 rings (SSSR count). The van der Waals surface area contributed by atoms with Crippen LogP contribution in [0.4, 0.5) is 0 Å². The van der Waals surface area contributed by atoms with Crippen LogP contribution in [0, 0.1) is 0 Å². The van der Waals surface area contributed by atoms with Crippen molar-refractivity contribution in [1.82, 2.24) is 5.32 Å². The Morgan fingerprint density at radius 2 is 2.00 bits per heavy atom. The lowest BCUT2D eigenvalue weighted by atomic mass is 10.1. The van der Waals surface area contributed by atoms with E-state index in [-0.39, 0.29) is 0 Å². The zero-order valence-electron chi connectivity index (χ0n) is 11.3. The molecule has 6 nitrogen and oxygen atoms in total. The molecule has 0 fully saturated rings. The molecule has 0 saturated heterocycles. The van der Waals surface area contributed by atoms with Crippen molar-refractivity contribution < 1.29 is 19.1 Å². The van der Waals surface area contributed by atoms with Gasteiger partial charge >= 0.3 is 5.97 Å². The van der Waals surface area contributed by atoms with E-state index < -0.39 is 24.0 Å². The van der Waals surface area contributed by atoms with E-state index in [1.54, 1.807) is 0 Å². The van der Waals surface area contributed by atoms with Crippen molar-refractivity contribution >= 4 is 18.0 Å². The number of carbonyl (C=O) groups is 2. The van der Waals surface area contributed by atoms with Crippen molar-refractivity contribution in [2.24, 2.45) is 4.99 Å². The smallest absolute Gasteiger partial charge is 0.328 e. The molecule has 0 aliphatic rings. The van der Waals surface area contributed by atoms with E-state index in [4.69, 9.17) is 0 Å². The summed E-state index contributed by atoms with van der Waals surface area (Å²) < 4.78 is 4.66. The van der Waals surface area contributed by atoms with E-state index in [1.807, 2.05) is 30.3 Å². The van der Waals surface area contributed by atoms with Gasteiger partial charge in [-0.3, -0.25) is 4.79 Å². The first-order valence-electron chi connectivity index (χ1n) is 6.07. The van der Waals surface area contributed by atoms with Gasteiger partial charge in [-0.25, -0.2) is 9.59 Å². The van der Waals surface area contributed by atoms with Crippen molar-refractivity contribution in [2.45, 2.75) is 25.4 Å². The van der Waals surface area contributed by atoms with Gasteiger partial charge < -0.3 is 10.1 Å². The maximum absolute atomic E-state index is 11.8. The Morgan fingerprint density at radius 3 is 2.55 bits per heavy atom. The molecular formula is C14H16N2O4. The van der Waals surface area contributed by atoms with Gasteiger partial charge in [-0.1, -0.05) is 30.3 Å². The third kappa shape index (κ3) is 4.66. The second kappa shape index (κ2) is 7.86. The van der Waals surface area contributed by atoms with Crippen molar-refractivity contribution in [1.29, 1.82) is 0 Å². The van der Waals surface area contributed by atoms with Gasteiger partial charge in [0, 0.05) is 6.42 Å². The Labute approximate surface area is 116 Å². The first kappa shape index (κ1) is 15.6. The van der Waals surface area contributed by atoms with Gasteiger partial charge in [-0.2, -0.15) is 4.99 Å². The van der Waals surface area contributed by atoms with E-state index in [2.05, 4.69) is 15.0 Å². The fraction of sp³-hybridized carbons (Fsp3) is 0.357. The summed E-state index contributed by atoms with van der Waals surface area (Å²) in [5.41, 5.74) is 0.884. The van der Waals surface area contributed by atoms with Gasteiger partial charge in [0.25, 0.3) is 0 Å². The number of esters is 1. The highest BCUT2D eigenvalue weighted by atomic mass is 16.5. The molecule has 0 unspecified atom stereocenters. The first-order valence-corrected chi connectivity index (χ1v) is 6.07. The monoisotopic (exact) mass is 276 g/mol. The number of ether oxygens (including phenoxy) is 1. The standard InChI is InChI=1S/C14H16N2O4/c1-10(15-9-17)13(18)16-12(14(19)20-2)8-11-6-4-3-5-7-11/h3-7,10,12H,8H2,1-2H3,(H,16,18)/t10-,12-/m0/s1. The number of nitrogens with one attached hydrogen (secondary N) is 1. The van der Waals surface area contributed by atoms with Crippen LogP contribution < -0.4 is 5.32 Å². The topological polar surface area (TPSA) is 84.8 Å². The highest BCUT2D eigenvalue weighted by molar-refractivity contribution is 5.87. The lowest BCUT2D eigenvalue weighted by molar-refractivity contribution is -0.145. The summed E-state index contributed by atoms with van der Waals surface area (Å²) in [4.78, 5) is 36.9. The SMILES string of the molecule is COC(=O)[C@H](Cc1ccccc1)NC(=O)[C@H](C)N=C=O. The summed E-state index contributed by atoms with van der Waals surface area (Å²) in [6.45, 7) is 1.44. The maximum atomic E-state index is 11.8. The average Bonchev–Trinajstić information content (AvgIpc) is 2.47. The second-order valence-electron chi connectivity index (χ2n) is 4.17. The number of nitrogens with zero attached hydrogens (tertiary/aromatic N) is 1. The number of hydrogen-bond acceptors (Lipinski definition) is 5. The van der Waals surface area contributed by atoms with Gasteiger partial charge in [0.1, 0.15) is 12.1 Å². The quantitative estimate of drug-likeness (QED) is 0.468. The number of benzene rings is 1. The van der Waals surface area contributed by atoms with Crippen LogP contribution >= 0.6 is 0 Å². The predicted octanol–water partition coefficient (Wildman–Crippen LogP) is 0.611. The summed E-state index contributed by atoms with van der Waals surface area (Å²) in [5, 5.41) is 2.51. The minimum atomic E-state index is -0.893. The third-order valence-corrected chi connectivity index (χ3v) is 2.71. The Morgan fingerprint density at radius 1 is 1.35 bits per heavy atom. The van der Waals surface area contributed by atoms with Crippen LogP contribution in [0.2, 0.25) is 0 Å². The van der Waals surface area contributed by atoms with Gasteiger partial charge in [-0.15, -0.1) is 0 Å². The Bertz CT molecular complexity index is 509. The fourth-order valence-corrected chi connectivity index (χ4v) is 1.62. The number of methoxy groups -OCH3 is 1. The summed E-state index contributed by atoms with van der Waals surface area (Å²) in [6, 6.07) is 7.50. The third-order valence-electron chi connectivity index (χ3n) is 2.71. The van der Waals surface area contributed by atoms with Gasteiger partial charge in [0.05, 0.1) is 7.11 Å². The summed E-state index contributed by atoms with van der Waals surface area (Å²) in [5.74, 6) is -1.08. The highest BCUT2D eigenvalue weighted by Crippen LogP contribution is 2.05. The lowest BCUT2D eigenvalue weighted by Gasteiger charge is -2.17. The molecule has 0 aromatic heterocycles. The normalized spacial score (nSPS) is 12.7. The van der Waals surface area contributed by atoms with Crippen molar-refractivity contribution in [3.63, 3.8) is 0 Å². The van der Waals surface area contributed by atoms with Crippen LogP contribution in [0.15, 0.2) is 35.3 Å². The van der Waals surface area contributed by atoms with Crippen LogP contribution in [-0.2, 0) is 25.5 Å². The Kier molecular flexibility index (Phi) is 6.13. The van der Waals surface area contributed by atoms with Crippen LogP contribution in [0.25, 0.3) is 0 Å². The van der Waals surface area contributed by atoms with Gasteiger partial charge in [0.15, 0.2) is 0 Å². The van der Waals surface area contributed by atoms with E-state index in [0.717, 1.165) is 5.56 Å². The lowest BCUT2D eigenvalue weighted by Crippen LogP contribution is -2.46. The van der Waals surface area contributed by atoms with Crippen molar-refractivity contribution in [2.75, 3.05) is 7.11 Å². The molecule has 1 aromatic rings.